The average Bonchev–Trinajstić information content (AvgIpc) is 2.35. The molecule has 0 atom stereocenters. The van der Waals surface area contributed by atoms with E-state index in [4.69, 9.17) is 15.7 Å². The van der Waals surface area contributed by atoms with Crippen molar-refractivity contribution in [1.82, 2.24) is 4.90 Å². The van der Waals surface area contributed by atoms with Gasteiger partial charge in [-0.15, -0.1) is 0 Å². The summed E-state index contributed by atoms with van der Waals surface area (Å²) in [6.07, 6.45) is 1.09. The fourth-order valence-electron chi connectivity index (χ4n) is 1.89. The molecule has 1 heterocycles. The van der Waals surface area contributed by atoms with E-state index in [1.54, 1.807) is 4.90 Å². The summed E-state index contributed by atoms with van der Waals surface area (Å²) >= 11 is 0. The molecule has 18 heavy (non-hydrogen) atoms. The molecule has 1 fully saturated rings. The summed E-state index contributed by atoms with van der Waals surface area (Å²) in [6, 6.07) is 0. The number of likely N-dealkylation sites (tertiary alicyclic amines) is 1. The molecular weight excluding hydrogens is 234 g/mol. The molecule has 0 aromatic heterocycles. The second-order valence-corrected chi connectivity index (χ2v) is 5.50. The van der Waals surface area contributed by atoms with Crippen LogP contribution in [0.15, 0.2) is 5.16 Å². The fraction of sp³-hybridized carbons (Fsp3) is 0.833. The zero-order chi connectivity index (χ0) is 13.8. The van der Waals surface area contributed by atoms with Gasteiger partial charge in [-0.25, -0.2) is 4.79 Å². The molecule has 0 radical (unpaired) electrons. The lowest BCUT2D eigenvalue weighted by atomic mass is 9.79. The van der Waals surface area contributed by atoms with Crippen molar-refractivity contribution < 1.29 is 14.7 Å². The van der Waals surface area contributed by atoms with Crippen LogP contribution >= 0.6 is 0 Å². The predicted octanol–water partition coefficient (Wildman–Crippen LogP) is 1.63. The van der Waals surface area contributed by atoms with Crippen LogP contribution in [-0.2, 0) is 4.74 Å². The molecule has 6 nitrogen and oxygen atoms in total. The Bertz CT molecular complexity index is 321. The number of amidine groups is 1. The molecule has 1 amide bonds. The smallest absolute Gasteiger partial charge is 0.409 e. The number of ether oxygens (including phenoxy) is 1. The number of piperidine rings is 1. The van der Waals surface area contributed by atoms with E-state index in [-0.39, 0.29) is 17.3 Å². The maximum Gasteiger partial charge on any atom is 0.409 e. The van der Waals surface area contributed by atoms with Crippen LogP contribution in [0.3, 0.4) is 0 Å². The number of nitrogens with two attached hydrogens (primary N) is 1. The van der Waals surface area contributed by atoms with Crippen LogP contribution in [0.4, 0.5) is 4.79 Å². The van der Waals surface area contributed by atoms with Crippen LogP contribution in [0, 0.1) is 11.3 Å². The molecule has 0 aromatic carbocycles. The van der Waals surface area contributed by atoms with Crippen molar-refractivity contribution in [1.29, 1.82) is 0 Å². The van der Waals surface area contributed by atoms with Gasteiger partial charge in [0, 0.05) is 18.5 Å². The molecule has 1 aliphatic rings. The van der Waals surface area contributed by atoms with Crippen molar-refractivity contribution >= 4 is 11.9 Å². The number of nitrogens with zero attached hydrogens (tertiary/aromatic N) is 2. The summed E-state index contributed by atoms with van der Waals surface area (Å²) < 4.78 is 5.17. The Labute approximate surface area is 108 Å². The summed E-state index contributed by atoms with van der Waals surface area (Å²) in [5.74, 6) is 0.568. The maximum absolute atomic E-state index is 11.7. The first-order chi connectivity index (χ1) is 8.39. The number of oxime groups is 1. The van der Waals surface area contributed by atoms with Gasteiger partial charge in [0.15, 0.2) is 0 Å². The summed E-state index contributed by atoms with van der Waals surface area (Å²) in [6.45, 7) is 7.52. The van der Waals surface area contributed by atoms with Crippen molar-refractivity contribution in [2.45, 2.75) is 33.6 Å². The van der Waals surface area contributed by atoms with E-state index >= 15 is 0 Å². The van der Waals surface area contributed by atoms with Gasteiger partial charge in [0.2, 0.25) is 0 Å². The third-order valence-electron chi connectivity index (χ3n) is 3.39. The van der Waals surface area contributed by atoms with Crippen molar-refractivity contribution in [3.8, 4) is 0 Å². The van der Waals surface area contributed by atoms with E-state index in [1.165, 1.54) is 0 Å². The van der Waals surface area contributed by atoms with E-state index in [9.17, 15) is 4.79 Å². The highest BCUT2D eigenvalue weighted by Crippen LogP contribution is 2.31. The molecular formula is C12H23N3O3. The topological polar surface area (TPSA) is 88.2 Å². The molecule has 104 valence electrons. The second kappa shape index (κ2) is 5.93. The minimum absolute atomic E-state index is 0.234. The van der Waals surface area contributed by atoms with Crippen molar-refractivity contribution in [2.24, 2.45) is 22.2 Å². The lowest BCUT2D eigenvalue weighted by Crippen LogP contribution is -2.47. The van der Waals surface area contributed by atoms with Gasteiger partial charge >= 0.3 is 6.09 Å². The van der Waals surface area contributed by atoms with Gasteiger partial charge in [0.1, 0.15) is 5.84 Å². The van der Waals surface area contributed by atoms with Crippen molar-refractivity contribution in [2.75, 3.05) is 19.7 Å². The Morgan fingerprint density at radius 2 is 2.06 bits per heavy atom. The average molecular weight is 257 g/mol. The normalized spacial score (nSPS) is 20.0. The number of carbonyl (C=O) groups is 1. The molecule has 1 saturated heterocycles. The van der Waals surface area contributed by atoms with Gasteiger partial charge < -0.3 is 20.6 Å². The van der Waals surface area contributed by atoms with E-state index in [0.29, 0.717) is 38.5 Å². The fourth-order valence-corrected chi connectivity index (χ4v) is 1.89. The largest absolute Gasteiger partial charge is 0.449 e. The minimum atomic E-state index is -0.330. The third kappa shape index (κ3) is 3.51. The van der Waals surface area contributed by atoms with Crippen LogP contribution in [0.2, 0.25) is 0 Å². The minimum Gasteiger partial charge on any atom is -0.449 e. The second-order valence-electron chi connectivity index (χ2n) is 5.50. The summed E-state index contributed by atoms with van der Waals surface area (Å²) in [5.41, 5.74) is 5.34. The van der Waals surface area contributed by atoms with E-state index < -0.39 is 0 Å². The molecule has 0 aliphatic carbocycles. The Morgan fingerprint density at radius 1 is 1.50 bits per heavy atom. The Morgan fingerprint density at radius 3 is 2.50 bits per heavy atom. The van der Waals surface area contributed by atoms with Crippen LogP contribution < -0.4 is 5.73 Å². The number of carbonyl (C=O) groups excluding carboxylic acids is 1. The van der Waals surface area contributed by atoms with Gasteiger partial charge in [-0.05, 0) is 18.8 Å². The monoisotopic (exact) mass is 257 g/mol. The highest BCUT2D eigenvalue weighted by Gasteiger charge is 2.36. The number of hydrogen-bond donors (Lipinski definition) is 2. The van der Waals surface area contributed by atoms with E-state index in [2.05, 4.69) is 5.16 Å². The van der Waals surface area contributed by atoms with Gasteiger partial charge in [-0.2, -0.15) is 0 Å². The van der Waals surface area contributed by atoms with Gasteiger partial charge in [0.05, 0.1) is 6.61 Å². The maximum atomic E-state index is 11.7. The number of amides is 1. The quantitative estimate of drug-likeness (QED) is 0.348. The number of rotatable bonds is 3. The SMILES string of the molecule is CC(C)COC(=O)N1CCC(C)(C(N)=NO)CC1. The molecule has 0 aromatic rings. The molecule has 6 heteroatoms. The lowest BCUT2D eigenvalue weighted by molar-refractivity contribution is 0.0744. The van der Waals surface area contributed by atoms with Gasteiger partial charge in [-0.1, -0.05) is 25.9 Å². The standard InChI is InChI=1S/C12H23N3O3/c1-9(2)8-18-11(16)15-6-4-12(3,5-7-15)10(13)14-17/h9,17H,4-8H2,1-3H3,(H2,13,14). The zero-order valence-electron chi connectivity index (χ0n) is 11.3. The lowest BCUT2D eigenvalue weighted by Gasteiger charge is -2.37. The first kappa shape index (κ1) is 14.6. The molecule has 0 spiro atoms. The summed E-state index contributed by atoms with van der Waals surface area (Å²) in [4.78, 5) is 13.4. The van der Waals surface area contributed by atoms with E-state index in [1.807, 2.05) is 20.8 Å². The van der Waals surface area contributed by atoms with Crippen LogP contribution in [-0.4, -0.2) is 41.7 Å². The Balaban J connectivity index is 2.46. The number of hydrogen-bond acceptors (Lipinski definition) is 4. The van der Waals surface area contributed by atoms with Crippen LogP contribution in [0.25, 0.3) is 0 Å². The molecule has 3 N–H and O–H groups in total. The van der Waals surface area contributed by atoms with Gasteiger partial charge in [0.25, 0.3) is 0 Å². The molecule has 0 unspecified atom stereocenters. The third-order valence-corrected chi connectivity index (χ3v) is 3.39. The zero-order valence-corrected chi connectivity index (χ0v) is 11.3. The molecule has 0 saturated carbocycles. The van der Waals surface area contributed by atoms with Crippen LogP contribution in [0.5, 0.6) is 0 Å². The van der Waals surface area contributed by atoms with E-state index in [0.717, 1.165) is 0 Å². The Hall–Kier alpha value is -1.46. The highest BCUT2D eigenvalue weighted by atomic mass is 16.6. The predicted molar refractivity (Wildman–Crippen MR) is 68.5 cm³/mol. The first-order valence-corrected chi connectivity index (χ1v) is 6.29. The van der Waals surface area contributed by atoms with Crippen molar-refractivity contribution in [3.63, 3.8) is 0 Å². The van der Waals surface area contributed by atoms with Crippen LogP contribution in [0.1, 0.15) is 33.6 Å². The summed E-state index contributed by atoms with van der Waals surface area (Å²) in [7, 11) is 0. The highest BCUT2D eigenvalue weighted by molar-refractivity contribution is 5.86. The summed E-state index contributed by atoms with van der Waals surface area (Å²) in [5, 5.41) is 11.8. The van der Waals surface area contributed by atoms with Crippen molar-refractivity contribution in [3.05, 3.63) is 0 Å². The molecule has 0 bridgehead atoms. The Kier molecular flexibility index (Phi) is 4.81. The first-order valence-electron chi connectivity index (χ1n) is 6.29. The van der Waals surface area contributed by atoms with Gasteiger partial charge in [-0.3, -0.25) is 0 Å². The molecule has 1 aliphatic heterocycles. The molecule has 1 rings (SSSR count).